The number of furan rings is 1. The van der Waals surface area contributed by atoms with E-state index in [1.165, 1.54) is 44.1 Å². The SMILES string of the molecule is c1ccc(-c2cccc(-c3cc4c5c(c3)c3ccccc3n5-c3ccccc3N4c3cccc4c3oc3ccccc34)c2)cc1. The second kappa shape index (κ2) is 9.22. The third-order valence-corrected chi connectivity index (χ3v) is 9.28. The first-order chi connectivity index (χ1) is 22.3. The molecule has 0 atom stereocenters. The van der Waals surface area contributed by atoms with Crippen LogP contribution in [0.5, 0.6) is 0 Å². The fourth-order valence-electron chi connectivity index (χ4n) is 7.31. The zero-order chi connectivity index (χ0) is 29.5. The highest BCUT2D eigenvalue weighted by molar-refractivity contribution is 6.19. The molecule has 0 saturated heterocycles. The van der Waals surface area contributed by atoms with Crippen molar-refractivity contribution in [2.45, 2.75) is 0 Å². The van der Waals surface area contributed by atoms with E-state index in [-0.39, 0.29) is 0 Å². The molecule has 0 N–H and O–H groups in total. The van der Waals surface area contributed by atoms with Crippen molar-refractivity contribution in [3.05, 3.63) is 158 Å². The molecule has 3 nitrogen and oxygen atoms in total. The standard InChI is InChI=1S/C42H26N2O/c1-2-12-27(13-3-1)28-14-10-15-29(24-28)30-25-34-31-16-4-6-19-35(31)44-37-21-8-7-20-36(37)43(39(26-30)41(34)44)38-22-11-18-33-32-17-5-9-23-40(32)45-42(33)38/h1-26H. The monoisotopic (exact) mass is 574 g/mol. The van der Waals surface area contributed by atoms with E-state index in [0.29, 0.717) is 0 Å². The minimum atomic E-state index is 0.891. The Balaban J connectivity index is 1.32. The fraction of sp³-hybridized carbons (Fsp3) is 0. The number of benzene rings is 7. The lowest BCUT2D eigenvalue weighted by atomic mass is 9.96. The van der Waals surface area contributed by atoms with Gasteiger partial charge in [-0.1, -0.05) is 109 Å². The molecule has 3 heteroatoms. The van der Waals surface area contributed by atoms with Crippen LogP contribution in [0.2, 0.25) is 0 Å². The van der Waals surface area contributed by atoms with Crippen LogP contribution in [0, 0.1) is 0 Å². The minimum Gasteiger partial charge on any atom is -0.454 e. The summed E-state index contributed by atoms with van der Waals surface area (Å²) in [6, 6.07) is 56.5. The molecule has 0 unspecified atom stereocenters. The van der Waals surface area contributed by atoms with Gasteiger partial charge in [-0.3, -0.25) is 0 Å². The van der Waals surface area contributed by atoms with E-state index in [1.807, 2.05) is 6.07 Å². The van der Waals surface area contributed by atoms with E-state index in [9.17, 15) is 0 Å². The summed E-state index contributed by atoms with van der Waals surface area (Å²) in [4.78, 5) is 2.41. The molecule has 0 saturated carbocycles. The van der Waals surface area contributed by atoms with Gasteiger partial charge in [0.2, 0.25) is 0 Å². The third kappa shape index (κ3) is 3.46. The van der Waals surface area contributed by atoms with Crippen molar-refractivity contribution in [2.24, 2.45) is 0 Å². The largest absolute Gasteiger partial charge is 0.454 e. The topological polar surface area (TPSA) is 21.3 Å². The van der Waals surface area contributed by atoms with Crippen LogP contribution in [0.15, 0.2) is 162 Å². The van der Waals surface area contributed by atoms with Crippen molar-refractivity contribution in [2.75, 3.05) is 4.90 Å². The molecule has 0 radical (unpaired) electrons. The Labute approximate surface area is 259 Å². The van der Waals surface area contributed by atoms with E-state index in [2.05, 4.69) is 161 Å². The van der Waals surface area contributed by atoms with Crippen LogP contribution in [0.25, 0.3) is 71.7 Å². The Morgan fingerprint density at radius 1 is 0.378 bits per heavy atom. The lowest BCUT2D eigenvalue weighted by Gasteiger charge is -2.33. The Kier molecular flexibility index (Phi) is 5.00. The van der Waals surface area contributed by atoms with Crippen LogP contribution < -0.4 is 4.90 Å². The van der Waals surface area contributed by atoms with Gasteiger partial charge in [-0.15, -0.1) is 0 Å². The maximum atomic E-state index is 6.63. The fourth-order valence-corrected chi connectivity index (χ4v) is 7.31. The van der Waals surface area contributed by atoms with Crippen molar-refractivity contribution in [3.63, 3.8) is 0 Å². The second-order valence-electron chi connectivity index (χ2n) is 11.8. The van der Waals surface area contributed by atoms with Gasteiger partial charge in [0.05, 0.1) is 33.8 Å². The summed E-state index contributed by atoms with van der Waals surface area (Å²) in [6.07, 6.45) is 0. The van der Waals surface area contributed by atoms with E-state index >= 15 is 0 Å². The summed E-state index contributed by atoms with van der Waals surface area (Å²) in [5.41, 5.74) is 13.4. The predicted molar refractivity (Wildman–Crippen MR) is 187 cm³/mol. The molecular formula is C42H26N2O. The van der Waals surface area contributed by atoms with Gasteiger partial charge >= 0.3 is 0 Å². The smallest absolute Gasteiger partial charge is 0.159 e. The summed E-state index contributed by atoms with van der Waals surface area (Å²) in [5, 5.41) is 4.73. The van der Waals surface area contributed by atoms with Crippen LogP contribution >= 0.6 is 0 Å². The first-order valence-electron chi connectivity index (χ1n) is 15.4. The Morgan fingerprint density at radius 2 is 1.02 bits per heavy atom. The summed E-state index contributed by atoms with van der Waals surface area (Å²) in [7, 11) is 0. The molecule has 9 aromatic rings. The van der Waals surface area contributed by atoms with Crippen molar-refractivity contribution < 1.29 is 4.42 Å². The lowest BCUT2D eigenvalue weighted by Crippen LogP contribution is -2.18. The van der Waals surface area contributed by atoms with Crippen LogP contribution in [0.4, 0.5) is 17.1 Å². The highest BCUT2D eigenvalue weighted by Crippen LogP contribution is 2.52. The molecule has 0 fully saturated rings. The average Bonchev–Trinajstić information content (AvgIpc) is 3.66. The maximum absolute atomic E-state index is 6.63. The van der Waals surface area contributed by atoms with Gasteiger partial charge in [0.25, 0.3) is 0 Å². The van der Waals surface area contributed by atoms with E-state index in [1.54, 1.807) is 0 Å². The van der Waals surface area contributed by atoms with Gasteiger partial charge in [-0.2, -0.15) is 0 Å². The van der Waals surface area contributed by atoms with E-state index in [0.717, 1.165) is 44.7 Å². The summed E-state index contributed by atoms with van der Waals surface area (Å²) in [5.74, 6) is 0. The van der Waals surface area contributed by atoms with Crippen LogP contribution in [-0.4, -0.2) is 4.57 Å². The first-order valence-corrected chi connectivity index (χ1v) is 15.4. The molecule has 3 heterocycles. The molecule has 210 valence electrons. The van der Waals surface area contributed by atoms with Gasteiger partial charge in [-0.25, -0.2) is 0 Å². The molecule has 1 aliphatic heterocycles. The normalized spacial score (nSPS) is 12.4. The summed E-state index contributed by atoms with van der Waals surface area (Å²) < 4.78 is 9.06. The Bertz CT molecular complexity index is 2610. The van der Waals surface area contributed by atoms with Crippen LogP contribution in [0.3, 0.4) is 0 Å². The number of nitrogens with zero attached hydrogens (tertiary/aromatic N) is 2. The molecule has 2 aromatic heterocycles. The number of hydrogen-bond acceptors (Lipinski definition) is 2. The predicted octanol–water partition coefficient (Wildman–Crippen LogP) is 11.8. The van der Waals surface area contributed by atoms with Crippen LogP contribution in [-0.2, 0) is 0 Å². The van der Waals surface area contributed by atoms with Crippen molar-refractivity contribution in [1.29, 1.82) is 0 Å². The molecule has 0 aliphatic carbocycles. The van der Waals surface area contributed by atoms with Gasteiger partial charge in [0.15, 0.2) is 5.58 Å². The Hall–Kier alpha value is -6.06. The number of aromatic nitrogens is 1. The summed E-state index contributed by atoms with van der Waals surface area (Å²) in [6.45, 7) is 0. The lowest BCUT2D eigenvalue weighted by molar-refractivity contribution is 0.669. The van der Waals surface area contributed by atoms with Crippen LogP contribution in [0.1, 0.15) is 0 Å². The maximum Gasteiger partial charge on any atom is 0.159 e. The van der Waals surface area contributed by atoms with E-state index < -0.39 is 0 Å². The molecule has 10 rings (SSSR count). The number of hydrogen-bond donors (Lipinski definition) is 0. The van der Waals surface area contributed by atoms with Gasteiger partial charge < -0.3 is 13.9 Å². The zero-order valence-electron chi connectivity index (χ0n) is 24.3. The number of anilines is 3. The van der Waals surface area contributed by atoms with Crippen molar-refractivity contribution >= 4 is 60.8 Å². The number of para-hydroxylation sites is 5. The number of rotatable bonds is 3. The third-order valence-electron chi connectivity index (χ3n) is 9.28. The average molecular weight is 575 g/mol. The number of fused-ring (bicyclic) bond motifs is 8. The van der Waals surface area contributed by atoms with Crippen molar-refractivity contribution in [1.82, 2.24) is 4.57 Å². The first kappa shape index (κ1) is 24.4. The molecule has 45 heavy (non-hydrogen) atoms. The zero-order valence-corrected chi connectivity index (χ0v) is 24.3. The quantitative estimate of drug-likeness (QED) is 0.209. The molecule has 1 aliphatic rings. The van der Waals surface area contributed by atoms with Crippen molar-refractivity contribution in [3.8, 4) is 27.9 Å². The molecular weight excluding hydrogens is 548 g/mol. The summed E-state index contributed by atoms with van der Waals surface area (Å²) >= 11 is 0. The Morgan fingerprint density at radius 3 is 1.91 bits per heavy atom. The van der Waals surface area contributed by atoms with Gasteiger partial charge in [0, 0.05) is 21.5 Å². The molecule has 0 amide bonds. The van der Waals surface area contributed by atoms with Gasteiger partial charge in [0.1, 0.15) is 5.58 Å². The minimum absolute atomic E-state index is 0.891. The molecule has 7 aromatic carbocycles. The highest BCUT2D eigenvalue weighted by Gasteiger charge is 2.31. The highest BCUT2D eigenvalue weighted by atomic mass is 16.3. The van der Waals surface area contributed by atoms with Gasteiger partial charge in [-0.05, 0) is 70.8 Å². The van der Waals surface area contributed by atoms with E-state index in [4.69, 9.17) is 4.42 Å². The molecule has 0 bridgehead atoms. The second-order valence-corrected chi connectivity index (χ2v) is 11.8. The molecule has 0 spiro atoms.